The smallest absolute Gasteiger partial charge is 0.232 e. The van der Waals surface area contributed by atoms with Gasteiger partial charge in [0.05, 0.1) is 11.1 Å². The Bertz CT molecular complexity index is 975. The third-order valence-corrected chi connectivity index (χ3v) is 5.88. The van der Waals surface area contributed by atoms with Gasteiger partial charge in [-0.15, -0.1) is 0 Å². The molecule has 0 unspecified atom stereocenters. The van der Waals surface area contributed by atoms with Crippen LogP contribution in [0.1, 0.15) is 66.2 Å². The third-order valence-electron chi connectivity index (χ3n) is 5.88. The lowest BCUT2D eigenvalue weighted by Crippen LogP contribution is -2.19. The van der Waals surface area contributed by atoms with E-state index in [1.165, 1.54) is 18.4 Å². The molecule has 2 aliphatic rings. The molecule has 2 heterocycles. The predicted molar refractivity (Wildman–Crippen MR) is 115 cm³/mol. The normalized spacial score (nSPS) is 18.3. The van der Waals surface area contributed by atoms with E-state index >= 15 is 0 Å². The van der Waals surface area contributed by atoms with Crippen molar-refractivity contribution < 1.29 is 14.6 Å². The van der Waals surface area contributed by atoms with Crippen molar-refractivity contribution in [3.63, 3.8) is 0 Å². The molecule has 0 bridgehead atoms. The van der Waals surface area contributed by atoms with Crippen molar-refractivity contribution in [3.05, 3.63) is 63.9 Å². The summed E-state index contributed by atoms with van der Waals surface area (Å²) in [6.07, 6.45) is 4.14. The lowest BCUT2D eigenvalue weighted by molar-refractivity contribution is 0.101. The number of benzene rings is 2. The van der Waals surface area contributed by atoms with Crippen molar-refractivity contribution in [1.82, 2.24) is 4.90 Å². The van der Waals surface area contributed by atoms with Crippen LogP contribution < -0.4 is 4.74 Å². The van der Waals surface area contributed by atoms with Gasteiger partial charge >= 0.3 is 0 Å². The van der Waals surface area contributed by atoms with Crippen LogP contribution >= 0.6 is 0 Å². The molecule has 2 aromatic rings. The van der Waals surface area contributed by atoms with Gasteiger partial charge in [0.25, 0.3) is 0 Å². The zero-order chi connectivity index (χ0) is 20.8. The highest BCUT2D eigenvalue weighted by atomic mass is 16.5. The topological polar surface area (TPSA) is 49.8 Å². The Labute approximate surface area is 172 Å². The van der Waals surface area contributed by atoms with Gasteiger partial charge in [0.2, 0.25) is 5.78 Å². The van der Waals surface area contributed by atoms with Crippen molar-refractivity contribution in [2.45, 2.75) is 52.5 Å². The molecule has 152 valence electrons. The van der Waals surface area contributed by atoms with Crippen molar-refractivity contribution >= 4 is 11.9 Å². The number of rotatable bonds is 3. The zero-order valence-corrected chi connectivity index (χ0v) is 17.7. The second kappa shape index (κ2) is 7.34. The molecule has 1 fully saturated rings. The Morgan fingerprint density at radius 1 is 1.14 bits per heavy atom. The number of hydrogen-bond donors (Lipinski definition) is 1. The third kappa shape index (κ3) is 3.82. The van der Waals surface area contributed by atoms with Gasteiger partial charge in [0, 0.05) is 6.54 Å². The average Bonchev–Trinajstić information content (AvgIpc) is 3.27. The summed E-state index contributed by atoms with van der Waals surface area (Å²) in [7, 11) is 0. The van der Waals surface area contributed by atoms with E-state index in [9.17, 15) is 9.90 Å². The molecular weight excluding hydrogens is 362 g/mol. The van der Waals surface area contributed by atoms with Crippen LogP contribution in [-0.2, 0) is 12.0 Å². The molecule has 2 aromatic carbocycles. The van der Waals surface area contributed by atoms with E-state index in [1.54, 1.807) is 12.1 Å². The summed E-state index contributed by atoms with van der Waals surface area (Å²) in [6, 6.07) is 9.90. The number of ketones is 1. The summed E-state index contributed by atoms with van der Waals surface area (Å²) in [5, 5.41) is 10.5. The molecule has 0 amide bonds. The zero-order valence-electron chi connectivity index (χ0n) is 17.7. The molecule has 0 radical (unpaired) electrons. The number of aryl methyl sites for hydroxylation is 1. The number of phenols is 1. The van der Waals surface area contributed by atoms with Crippen LogP contribution in [0.3, 0.4) is 0 Å². The minimum absolute atomic E-state index is 0.0840. The van der Waals surface area contributed by atoms with Gasteiger partial charge in [-0.3, -0.25) is 9.69 Å². The summed E-state index contributed by atoms with van der Waals surface area (Å²) in [5.74, 6) is 0.939. The highest BCUT2D eigenvalue weighted by Gasteiger charge is 2.34. The fourth-order valence-electron chi connectivity index (χ4n) is 4.13. The first-order chi connectivity index (χ1) is 13.7. The van der Waals surface area contributed by atoms with Crippen molar-refractivity contribution in [2.75, 3.05) is 13.1 Å². The molecule has 1 saturated heterocycles. The van der Waals surface area contributed by atoms with Crippen molar-refractivity contribution in [1.29, 1.82) is 0 Å². The number of ether oxygens (including phenoxy) is 1. The maximum Gasteiger partial charge on any atom is 0.232 e. The van der Waals surface area contributed by atoms with Crippen LogP contribution in [0.2, 0.25) is 0 Å². The molecule has 4 heteroatoms. The molecule has 0 spiro atoms. The van der Waals surface area contributed by atoms with E-state index in [-0.39, 0.29) is 16.9 Å². The van der Waals surface area contributed by atoms with E-state index in [0.29, 0.717) is 29.2 Å². The number of aromatic hydroxyl groups is 1. The van der Waals surface area contributed by atoms with E-state index < -0.39 is 0 Å². The van der Waals surface area contributed by atoms with Gasteiger partial charge in [-0.1, -0.05) is 45.0 Å². The summed E-state index contributed by atoms with van der Waals surface area (Å²) >= 11 is 0. The van der Waals surface area contributed by atoms with Crippen LogP contribution in [0.5, 0.6) is 11.5 Å². The SMILES string of the molecule is Cc1cc(O)c(CN2CCCC2)c2c1C(=O)/C(=C/c1ccc(C(C)(C)C)cc1)O2. The number of nitrogens with zero attached hydrogens (tertiary/aromatic N) is 1. The standard InChI is InChI=1S/C25H29NO3/c1-16-13-20(27)19(15-26-11-5-6-12-26)24-22(16)23(28)21(29-24)14-17-7-9-18(10-8-17)25(2,3)4/h7-10,13-14,27H,5-6,11-12,15H2,1-4H3/b21-14-. The van der Waals surface area contributed by atoms with Crippen LogP contribution in [-0.4, -0.2) is 28.9 Å². The Morgan fingerprint density at radius 3 is 2.41 bits per heavy atom. The predicted octanol–water partition coefficient (Wildman–Crippen LogP) is 5.21. The maximum atomic E-state index is 13.1. The van der Waals surface area contributed by atoms with E-state index in [0.717, 1.165) is 24.2 Å². The fourth-order valence-corrected chi connectivity index (χ4v) is 4.13. The molecule has 1 N–H and O–H groups in total. The highest BCUT2D eigenvalue weighted by Crippen LogP contribution is 2.42. The number of likely N-dealkylation sites (tertiary alicyclic amines) is 1. The number of carbonyl (C=O) groups excluding carboxylic acids is 1. The number of carbonyl (C=O) groups is 1. The highest BCUT2D eigenvalue weighted by molar-refractivity contribution is 6.15. The Balaban J connectivity index is 1.67. The first kappa shape index (κ1) is 19.7. The first-order valence-corrected chi connectivity index (χ1v) is 10.4. The molecule has 29 heavy (non-hydrogen) atoms. The van der Waals surface area contributed by atoms with E-state index in [4.69, 9.17) is 4.74 Å². The largest absolute Gasteiger partial charge is 0.507 e. The monoisotopic (exact) mass is 391 g/mol. The maximum absolute atomic E-state index is 13.1. The minimum Gasteiger partial charge on any atom is -0.507 e. The van der Waals surface area contributed by atoms with Gasteiger partial charge < -0.3 is 9.84 Å². The van der Waals surface area contributed by atoms with Crippen LogP contribution in [0.15, 0.2) is 36.1 Å². The first-order valence-electron chi connectivity index (χ1n) is 10.4. The molecule has 2 aliphatic heterocycles. The van der Waals surface area contributed by atoms with Crippen LogP contribution in [0.4, 0.5) is 0 Å². The van der Waals surface area contributed by atoms with Gasteiger partial charge in [-0.05, 0) is 67.1 Å². The number of allylic oxidation sites excluding steroid dienone is 1. The van der Waals surface area contributed by atoms with Gasteiger partial charge in [0.15, 0.2) is 5.76 Å². The number of Topliss-reactive ketones (excluding diaryl/α,β-unsaturated/α-hetero) is 1. The summed E-state index contributed by atoms with van der Waals surface area (Å²) in [4.78, 5) is 15.4. The van der Waals surface area contributed by atoms with Gasteiger partial charge in [-0.25, -0.2) is 0 Å². The second-order valence-electron chi connectivity index (χ2n) is 9.19. The lowest BCUT2D eigenvalue weighted by atomic mass is 9.86. The Kier molecular flexibility index (Phi) is 4.99. The quantitative estimate of drug-likeness (QED) is 0.730. The van der Waals surface area contributed by atoms with Crippen molar-refractivity contribution in [2.24, 2.45) is 0 Å². The van der Waals surface area contributed by atoms with E-state index in [1.807, 2.05) is 19.1 Å². The molecule has 0 saturated carbocycles. The fraction of sp³-hybridized carbons (Fsp3) is 0.400. The minimum atomic E-state index is -0.111. The molecule has 0 aliphatic carbocycles. The summed E-state index contributed by atoms with van der Waals surface area (Å²) in [5.41, 5.74) is 4.30. The van der Waals surface area contributed by atoms with E-state index in [2.05, 4.69) is 37.8 Å². The Hall–Kier alpha value is -2.59. The lowest BCUT2D eigenvalue weighted by Gasteiger charge is -2.18. The molecule has 4 rings (SSSR count). The number of phenolic OH excluding ortho intramolecular Hbond substituents is 1. The summed E-state index contributed by atoms with van der Waals surface area (Å²) in [6.45, 7) is 11.0. The molecule has 4 nitrogen and oxygen atoms in total. The van der Waals surface area contributed by atoms with Crippen LogP contribution in [0, 0.1) is 6.92 Å². The second-order valence-corrected chi connectivity index (χ2v) is 9.19. The van der Waals surface area contributed by atoms with Gasteiger partial charge in [0.1, 0.15) is 11.5 Å². The average molecular weight is 392 g/mol. The van der Waals surface area contributed by atoms with Crippen molar-refractivity contribution in [3.8, 4) is 11.5 Å². The molecule has 0 aromatic heterocycles. The number of fused-ring (bicyclic) bond motifs is 1. The van der Waals surface area contributed by atoms with Crippen LogP contribution in [0.25, 0.3) is 6.08 Å². The number of hydrogen-bond acceptors (Lipinski definition) is 4. The van der Waals surface area contributed by atoms with Gasteiger partial charge in [-0.2, -0.15) is 0 Å². The molecular formula is C25H29NO3. The Morgan fingerprint density at radius 2 is 1.79 bits per heavy atom. The summed E-state index contributed by atoms with van der Waals surface area (Å²) < 4.78 is 6.05. The molecule has 0 atom stereocenters.